The highest BCUT2D eigenvalue weighted by Gasteiger charge is 2.19. The zero-order chi connectivity index (χ0) is 13.9. The van der Waals surface area contributed by atoms with E-state index in [9.17, 15) is 0 Å². The maximum Gasteiger partial charge on any atom is 0.168 e. The topological polar surface area (TPSA) is 39.1 Å². The van der Waals surface area contributed by atoms with Crippen LogP contribution in [0.5, 0.6) is 11.5 Å². The first-order valence-corrected chi connectivity index (χ1v) is 7.24. The number of benzene rings is 1. The van der Waals surface area contributed by atoms with Crippen molar-refractivity contribution in [2.45, 2.75) is 32.7 Å². The SMILES string of the molecule is Cc1ccccc1Oc1cnn(C2CCNCC2)c1C. The molecule has 1 aromatic carbocycles. The Morgan fingerprint density at radius 2 is 1.90 bits per heavy atom. The zero-order valence-electron chi connectivity index (χ0n) is 12.1. The van der Waals surface area contributed by atoms with E-state index >= 15 is 0 Å². The summed E-state index contributed by atoms with van der Waals surface area (Å²) in [7, 11) is 0. The van der Waals surface area contributed by atoms with Gasteiger partial charge in [-0.15, -0.1) is 0 Å². The number of nitrogens with one attached hydrogen (secondary N) is 1. The molecule has 1 aliphatic heterocycles. The Balaban J connectivity index is 1.81. The van der Waals surface area contributed by atoms with Crippen LogP contribution in [0.25, 0.3) is 0 Å². The Labute approximate surface area is 119 Å². The summed E-state index contributed by atoms with van der Waals surface area (Å²) in [5, 5.41) is 7.91. The monoisotopic (exact) mass is 271 g/mol. The molecule has 1 aliphatic rings. The smallest absolute Gasteiger partial charge is 0.168 e. The molecule has 0 unspecified atom stereocenters. The maximum absolute atomic E-state index is 6.01. The van der Waals surface area contributed by atoms with Crippen LogP contribution in [-0.2, 0) is 0 Å². The van der Waals surface area contributed by atoms with Crippen molar-refractivity contribution in [1.29, 1.82) is 0 Å². The summed E-state index contributed by atoms with van der Waals surface area (Å²) in [6.07, 6.45) is 4.10. The average Bonchev–Trinajstić information content (AvgIpc) is 2.84. The van der Waals surface area contributed by atoms with E-state index < -0.39 is 0 Å². The third-order valence-corrected chi connectivity index (χ3v) is 3.97. The van der Waals surface area contributed by atoms with E-state index in [2.05, 4.69) is 35.0 Å². The van der Waals surface area contributed by atoms with Crippen molar-refractivity contribution < 1.29 is 4.74 Å². The van der Waals surface area contributed by atoms with Crippen LogP contribution < -0.4 is 10.1 Å². The Kier molecular flexibility index (Phi) is 3.74. The number of rotatable bonds is 3. The zero-order valence-corrected chi connectivity index (χ0v) is 12.1. The van der Waals surface area contributed by atoms with Gasteiger partial charge in [0.1, 0.15) is 5.75 Å². The number of ether oxygens (including phenoxy) is 1. The molecule has 0 bridgehead atoms. The fourth-order valence-electron chi connectivity index (χ4n) is 2.72. The van der Waals surface area contributed by atoms with Crippen molar-refractivity contribution in [1.82, 2.24) is 15.1 Å². The van der Waals surface area contributed by atoms with Crippen molar-refractivity contribution in [3.63, 3.8) is 0 Å². The van der Waals surface area contributed by atoms with Gasteiger partial charge in [-0.05, 0) is 51.4 Å². The molecule has 1 aromatic heterocycles. The fraction of sp³-hybridized carbons (Fsp3) is 0.438. The first kappa shape index (κ1) is 13.2. The van der Waals surface area contributed by atoms with Crippen LogP contribution in [-0.4, -0.2) is 22.9 Å². The van der Waals surface area contributed by atoms with Crippen molar-refractivity contribution in [3.05, 3.63) is 41.7 Å². The van der Waals surface area contributed by atoms with Gasteiger partial charge in [-0.2, -0.15) is 5.10 Å². The van der Waals surface area contributed by atoms with Gasteiger partial charge >= 0.3 is 0 Å². The Morgan fingerprint density at radius 1 is 1.15 bits per heavy atom. The normalized spacial score (nSPS) is 16.3. The van der Waals surface area contributed by atoms with Gasteiger partial charge in [-0.3, -0.25) is 4.68 Å². The predicted octanol–water partition coefficient (Wildman–Crippen LogP) is 3.22. The minimum Gasteiger partial charge on any atom is -0.454 e. The molecule has 0 radical (unpaired) electrons. The van der Waals surface area contributed by atoms with Crippen LogP contribution in [0.4, 0.5) is 0 Å². The van der Waals surface area contributed by atoms with E-state index in [0.717, 1.165) is 48.7 Å². The highest BCUT2D eigenvalue weighted by atomic mass is 16.5. The van der Waals surface area contributed by atoms with Crippen LogP contribution in [0.3, 0.4) is 0 Å². The summed E-state index contributed by atoms with van der Waals surface area (Å²) in [5.74, 6) is 1.76. The molecule has 0 saturated carbocycles. The van der Waals surface area contributed by atoms with Gasteiger partial charge in [0, 0.05) is 0 Å². The van der Waals surface area contributed by atoms with Gasteiger partial charge in [0.05, 0.1) is 17.9 Å². The Hall–Kier alpha value is -1.81. The van der Waals surface area contributed by atoms with Gasteiger partial charge < -0.3 is 10.1 Å². The molecule has 1 N–H and O–H groups in total. The number of piperidine rings is 1. The molecule has 0 aliphatic carbocycles. The van der Waals surface area contributed by atoms with Crippen molar-refractivity contribution in [3.8, 4) is 11.5 Å². The second kappa shape index (κ2) is 5.67. The number of aryl methyl sites for hydroxylation is 1. The fourth-order valence-corrected chi connectivity index (χ4v) is 2.72. The molecule has 4 heteroatoms. The van der Waals surface area contributed by atoms with Gasteiger partial charge in [0.25, 0.3) is 0 Å². The van der Waals surface area contributed by atoms with Crippen molar-refractivity contribution >= 4 is 0 Å². The van der Waals surface area contributed by atoms with Crippen LogP contribution >= 0.6 is 0 Å². The number of nitrogens with zero attached hydrogens (tertiary/aromatic N) is 2. The molecule has 1 saturated heterocycles. The molecule has 0 atom stereocenters. The molecule has 0 amide bonds. The predicted molar refractivity (Wildman–Crippen MR) is 79.4 cm³/mol. The average molecular weight is 271 g/mol. The quantitative estimate of drug-likeness (QED) is 0.931. The summed E-state index contributed by atoms with van der Waals surface area (Å²) in [4.78, 5) is 0. The van der Waals surface area contributed by atoms with Crippen LogP contribution in [0.1, 0.15) is 30.1 Å². The molecule has 20 heavy (non-hydrogen) atoms. The molecular weight excluding hydrogens is 250 g/mol. The number of hydrogen-bond acceptors (Lipinski definition) is 3. The lowest BCUT2D eigenvalue weighted by atomic mass is 10.1. The van der Waals surface area contributed by atoms with E-state index in [1.54, 1.807) is 0 Å². The van der Waals surface area contributed by atoms with E-state index in [-0.39, 0.29) is 0 Å². The lowest BCUT2D eigenvalue weighted by Gasteiger charge is -2.24. The van der Waals surface area contributed by atoms with Crippen molar-refractivity contribution in [2.24, 2.45) is 0 Å². The van der Waals surface area contributed by atoms with Gasteiger partial charge in [0.15, 0.2) is 5.75 Å². The minimum atomic E-state index is 0.491. The summed E-state index contributed by atoms with van der Waals surface area (Å²) in [6, 6.07) is 8.56. The Bertz CT molecular complexity index is 585. The summed E-state index contributed by atoms with van der Waals surface area (Å²) in [6.45, 7) is 6.28. The van der Waals surface area contributed by atoms with Gasteiger partial charge in [-0.25, -0.2) is 0 Å². The molecular formula is C16H21N3O. The summed E-state index contributed by atoms with van der Waals surface area (Å²) >= 11 is 0. The second-order valence-corrected chi connectivity index (χ2v) is 5.39. The molecule has 2 heterocycles. The number of para-hydroxylation sites is 1. The molecule has 2 aromatic rings. The Morgan fingerprint density at radius 3 is 2.65 bits per heavy atom. The lowest BCUT2D eigenvalue weighted by Crippen LogP contribution is -2.30. The molecule has 0 spiro atoms. The number of hydrogen-bond donors (Lipinski definition) is 1. The molecule has 106 valence electrons. The third-order valence-electron chi connectivity index (χ3n) is 3.97. The largest absolute Gasteiger partial charge is 0.454 e. The standard InChI is InChI=1S/C16H21N3O/c1-12-5-3-4-6-15(12)20-16-11-18-19(13(16)2)14-7-9-17-10-8-14/h3-6,11,14,17H,7-10H2,1-2H3. The third kappa shape index (κ3) is 2.56. The highest BCUT2D eigenvalue weighted by molar-refractivity contribution is 5.37. The summed E-state index contributed by atoms with van der Waals surface area (Å²) in [5.41, 5.74) is 2.25. The minimum absolute atomic E-state index is 0.491. The summed E-state index contributed by atoms with van der Waals surface area (Å²) < 4.78 is 8.13. The van der Waals surface area contributed by atoms with E-state index in [0.29, 0.717) is 6.04 Å². The number of aromatic nitrogens is 2. The van der Waals surface area contributed by atoms with E-state index in [1.165, 1.54) is 0 Å². The lowest BCUT2D eigenvalue weighted by molar-refractivity contribution is 0.336. The highest BCUT2D eigenvalue weighted by Crippen LogP contribution is 2.30. The first-order valence-electron chi connectivity index (χ1n) is 7.24. The molecule has 1 fully saturated rings. The van der Waals surface area contributed by atoms with Crippen LogP contribution in [0.2, 0.25) is 0 Å². The van der Waals surface area contributed by atoms with Crippen LogP contribution in [0, 0.1) is 13.8 Å². The van der Waals surface area contributed by atoms with E-state index in [4.69, 9.17) is 4.74 Å². The maximum atomic E-state index is 6.01. The van der Waals surface area contributed by atoms with Gasteiger partial charge in [-0.1, -0.05) is 18.2 Å². The van der Waals surface area contributed by atoms with Crippen molar-refractivity contribution in [2.75, 3.05) is 13.1 Å². The second-order valence-electron chi connectivity index (χ2n) is 5.39. The van der Waals surface area contributed by atoms with Crippen LogP contribution in [0.15, 0.2) is 30.5 Å². The van der Waals surface area contributed by atoms with Gasteiger partial charge in [0.2, 0.25) is 0 Å². The molecule has 4 nitrogen and oxygen atoms in total. The first-order chi connectivity index (χ1) is 9.75. The molecule has 3 rings (SSSR count). The van der Waals surface area contributed by atoms with E-state index in [1.807, 2.05) is 24.4 Å².